The Bertz CT molecular complexity index is 725. The quantitative estimate of drug-likeness (QED) is 0.835. The lowest BCUT2D eigenvalue weighted by Gasteiger charge is -2.35. The molecule has 24 heavy (non-hydrogen) atoms. The Kier molecular flexibility index (Phi) is 4.70. The third kappa shape index (κ3) is 3.08. The van der Waals surface area contributed by atoms with Crippen LogP contribution in [-0.4, -0.2) is 11.6 Å². The average molecular weight is 323 g/mol. The summed E-state index contributed by atoms with van der Waals surface area (Å²) >= 11 is 0. The number of carbonyl (C=O) groups is 2. The normalized spacial score (nSPS) is 21.0. The number of benzene rings is 1. The maximum absolute atomic E-state index is 13.2. The minimum Gasteiger partial charge on any atom is -0.362 e. The molecule has 1 aliphatic heterocycles. The first-order chi connectivity index (χ1) is 11.5. The van der Waals surface area contributed by atoms with Crippen molar-refractivity contribution in [2.45, 2.75) is 46.5 Å². The van der Waals surface area contributed by atoms with Gasteiger partial charge in [-0.3, -0.25) is 9.59 Å². The first-order valence-corrected chi connectivity index (χ1v) is 8.82. The zero-order chi connectivity index (χ0) is 17.3. The van der Waals surface area contributed by atoms with Crippen LogP contribution in [0.4, 0.5) is 0 Å². The smallest absolute Gasteiger partial charge is 0.191 e. The van der Waals surface area contributed by atoms with E-state index in [-0.39, 0.29) is 17.5 Å². The van der Waals surface area contributed by atoms with E-state index in [1.807, 2.05) is 37.3 Å². The molecule has 1 heterocycles. The number of carbonyl (C=O) groups excluding carboxylic acids is 2. The molecule has 3 nitrogen and oxygen atoms in total. The van der Waals surface area contributed by atoms with Gasteiger partial charge >= 0.3 is 0 Å². The van der Waals surface area contributed by atoms with E-state index in [1.165, 1.54) is 0 Å². The summed E-state index contributed by atoms with van der Waals surface area (Å²) in [6, 6.07) is 9.37. The van der Waals surface area contributed by atoms with Crippen LogP contribution in [0.1, 0.15) is 56.8 Å². The minimum absolute atomic E-state index is 0.0381. The fourth-order valence-corrected chi connectivity index (χ4v) is 3.88. The van der Waals surface area contributed by atoms with Gasteiger partial charge in [0.2, 0.25) is 0 Å². The minimum atomic E-state index is -0.0817. The number of rotatable bonds is 4. The predicted molar refractivity (Wildman–Crippen MR) is 95.4 cm³/mol. The number of dihydropyridines is 1. The van der Waals surface area contributed by atoms with Gasteiger partial charge < -0.3 is 5.32 Å². The fraction of sp³-hybridized carbons (Fsp3) is 0.429. The lowest BCUT2D eigenvalue weighted by atomic mass is 9.73. The topological polar surface area (TPSA) is 46.2 Å². The van der Waals surface area contributed by atoms with E-state index >= 15 is 0 Å². The summed E-state index contributed by atoms with van der Waals surface area (Å²) in [5, 5.41) is 3.37. The van der Waals surface area contributed by atoms with Gasteiger partial charge in [-0.25, -0.2) is 0 Å². The summed E-state index contributed by atoms with van der Waals surface area (Å²) in [7, 11) is 0. The van der Waals surface area contributed by atoms with E-state index < -0.39 is 0 Å². The molecule has 1 aromatic rings. The van der Waals surface area contributed by atoms with Crippen molar-refractivity contribution in [3.8, 4) is 0 Å². The van der Waals surface area contributed by atoms with Crippen molar-refractivity contribution in [2.75, 3.05) is 0 Å². The van der Waals surface area contributed by atoms with E-state index in [4.69, 9.17) is 0 Å². The molecule has 126 valence electrons. The van der Waals surface area contributed by atoms with Gasteiger partial charge in [0.1, 0.15) is 0 Å². The molecule has 2 aliphatic rings. The van der Waals surface area contributed by atoms with Crippen LogP contribution in [0, 0.1) is 11.8 Å². The summed E-state index contributed by atoms with van der Waals surface area (Å²) in [5.41, 5.74) is 4.26. The van der Waals surface area contributed by atoms with Gasteiger partial charge in [0.15, 0.2) is 11.6 Å². The Labute approximate surface area is 143 Å². The fourth-order valence-electron chi connectivity index (χ4n) is 3.88. The lowest BCUT2D eigenvalue weighted by Crippen LogP contribution is -2.35. The number of allylic oxidation sites excluding steroid dienone is 4. The maximum Gasteiger partial charge on any atom is 0.191 e. The molecule has 0 spiro atoms. The summed E-state index contributed by atoms with van der Waals surface area (Å²) < 4.78 is 0. The number of hydrogen-bond acceptors (Lipinski definition) is 3. The standard InChI is InChI=1S/C21H25NO2/c1-13(2)12-16-19(21(24)15-8-5-4-6-9-15)14(3)22-17-10-7-11-18(23)20(16)17/h4-6,8-9,13,16,22H,7,10-12H2,1-3H3. The van der Waals surface area contributed by atoms with E-state index in [0.29, 0.717) is 17.9 Å². The Hall–Kier alpha value is -2.16. The van der Waals surface area contributed by atoms with Crippen molar-refractivity contribution in [3.05, 3.63) is 58.4 Å². The van der Waals surface area contributed by atoms with Crippen molar-refractivity contribution in [3.63, 3.8) is 0 Å². The lowest BCUT2D eigenvalue weighted by molar-refractivity contribution is -0.116. The molecule has 0 amide bonds. The zero-order valence-electron chi connectivity index (χ0n) is 14.7. The van der Waals surface area contributed by atoms with Gasteiger partial charge in [-0.1, -0.05) is 44.2 Å². The van der Waals surface area contributed by atoms with Crippen LogP contribution in [0.3, 0.4) is 0 Å². The molecule has 1 aromatic carbocycles. The predicted octanol–water partition coefficient (Wildman–Crippen LogP) is 4.42. The van der Waals surface area contributed by atoms with Gasteiger partial charge in [0.25, 0.3) is 0 Å². The summed E-state index contributed by atoms with van der Waals surface area (Å²) in [6.45, 7) is 6.26. The summed E-state index contributed by atoms with van der Waals surface area (Å²) in [5.74, 6) is 0.584. The van der Waals surface area contributed by atoms with Gasteiger partial charge in [0, 0.05) is 40.4 Å². The van der Waals surface area contributed by atoms with Crippen LogP contribution in [0.25, 0.3) is 0 Å². The van der Waals surface area contributed by atoms with Crippen LogP contribution >= 0.6 is 0 Å². The van der Waals surface area contributed by atoms with E-state index in [2.05, 4.69) is 19.2 Å². The molecule has 1 N–H and O–H groups in total. The van der Waals surface area contributed by atoms with Crippen molar-refractivity contribution >= 4 is 11.6 Å². The SMILES string of the molecule is CC1=C(C(=O)c2ccccc2)C(CC(C)C)C2=C(CCCC2=O)N1. The molecule has 0 aromatic heterocycles. The molecule has 0 saturated heterocycles. The van der Waals surface area contributed by atoms with Crippen molar-refractivity contribution < 1.29 is 9.59 Å². The second-order valence-corrected chi connectivity index (χ2v) is 7.21. The molecular weight excluding hydrogens is 298 g/mol. The Balaban J connectivity index is 2.06. The van der Waals surface area contributed by atoms with Gasteiger partial charge in [-0.2, -0.15) is 0 Å². The van der Waals surface area contributed by atoms with Crippen molar-refractivity contribution in [1.82, 2.24) is 5.32 Å². The second-order valence-electron chi connectivity index (χ2n) is 7.21. The molecule has 0 fully saturated rings. The van der Waals surface area contributed by atoms with E-state index in [0.717, 1.165) is 41.8 Å². The number of Topliss-reactive ketones (excluding diaryl/α,β-unsaturated/α-hetero) is 2. The molecule has 3 heteroatoms. The first-order valence-electron chi connectivity index (χ1n) is 8.82. The largest absolute Gasteiger partial charge is 0.362 e. The average Bonchev–Trinajstić information content (AvgIpc) is 2.54. The van der Waals surface area contributed by atoms with Gasteiger partial charge in [-0.15, -0.1) is 0 Å². The van der Waals surface area contributed by atoms with Crippen LogP contribution in [0.5, 0.6) is 0 Å². The van der Waals surface area contributed by atoms with Crippen LogP contribution in [0.2, 0.25) is 0 Å². The van der Waals surface area contributed by atoms with Crippen LogP contribution < -0.4 is 5.32 Å². The highest BCUT2D eigenvalue weighted by atomic mass is 16.1. The van der Waals surface area contributed by atoms with Crippen LogP contribution in [0.15, 0.2) is 52.9 Å². The van der Waals surface area contributed by atoms with E-state index in [9.17, 15) is 9.59 Å². The molecule has 1 unspecified atom stereocenters. The third-order valence-electron chi connectivity index (χ3n) is 4.88. The molecule has 0 radical (unpaired) electrons. The first kappa shape index (κ1) is 16.7. The van der Waals surface area contributed by atoms with Crippen molar-refractivity contribution in [1.29, 1.82) is 0 Å². The van der Waals surface area contributed by atoms with Gasteiger partial charge in [0.05, 0.1) is 0 Å². The van der Waals surface area contributed by atoms with Crippen molar-refractivity contribution in [2.24, 2.45) is 11.8 Å². The monoisotopic (exact) mass is 323 g/mol. The molecule has 1 aliphatic carbocycles. The summed E-state index contributed by atoms with van der Waals surface area (Å²) in [6.07, 6.45) is 3.23. The zero-order valence-corrected chi connectivity index (χ0v) is 14.7. The molecule has 3 rings (SSSR count). The number of hydrogen-bond donors (Lipinski definition) is 1. The Morgan fingerprint density at radius 1 is 1.21 bits per heavy atom. The summed E-state index contributed by atoms with van der Waals surface area (Å²) in [4.78, 5) is 25.8. The molecule has 0 saturated carbocycles. The number of ketones is 2. The maximum atomic E-state index is 13.2. The van der Waals surface area contributed by atoms with Gasteiger partial charge in [-0.05, 0) is 32.1 Å². The third-order valence-corrected chi connectivity index (χ3v) is 4.88. The second kappa shape index (κ2) is 6.76. The highest BCUT2D eigenvalue weighted by Crippen LogP contribution is 2.40. The van der Waals surface area contributed by atoms with Crippen LogP contribution in [-0.2, 0) is 4.79 Å². The Morgan fingerprint density at radius 2 is 1.92 bits per heavy atom. The molecular formula is C21H25NO2. The highest BCUT2D eigenvalue weighted by Gasteiger charge is 2.37. The highest BCUT2D eigenvalue weighted by molar-refractivity contribution is 6.12. The molecule has 1 atom stereocenters. The van der Waals surface area contributed by atoms with E-state index in [1.54, 1.807) is 0 Å². The molecule has 0 bridgehead atoms. The Morgan fingerprint density at radius 3 is 2.58 bits per heavy atom. The number of nitrogens with one attached hydrogen (secondary N) is 1.